The fourth-order valence-corrected chi connectivity index (χ4v) is 1.21. The largest absolute Gasteiger partial charge is 0.282 e. The molecule has 0 unspecified atom stereocenters. The van der Waals surface area contributed by atoms with E-state index in [0.29, 0.717) is 12.3 Å². The van der Waals surface area contributed by atoms with Gasteiger partial charge in [-0.25, -0.2) is 0 Å². The first kappa shape index (κ1) is 8.79. The Bertz CT molecular complexity index is 280. The van der Waals surface area contributed by atoms with Crippen LogP contribution >= 0.6 is 0 Å². The highest BCUT2D eigenvalue weighted by molar-refractivity contribution is 5.20. The van der Waals surface area contributed by atoms with Crippen molar-refractivity contribution >= 4 is 0 Å². The SMILES string of the molecule is CC(C)c1[nH]ncc1CCC#N. The summed E-state index contributed by atoms with van der Waals surface area (Å²) in [6.07, 6.45) is 3.19. The van der Waals surface area contributed by atoms with Crippen LogP contribution in [0.5, 0.6) is 0 Å². The van der Waals surface area contributed by atoms with Gasteiger partial charge in [-0.05, 0) is 17.9 Å². The average molecular weight is 163 g/mol. The van der Waals surface area contributed by atoms with E-state index >= 15 is 0 Å². The van der Waals surface area contributed by atoms with Crippen LogP contribution in [0.25, 0.3) is 0 Å². The maximum absolute atomic E-state index is 8.41. The van der Waals surface area contributed by atoms with Crippen LogP contribution < -0.4 is 0 Å². The fourth-order valence-electron chi connectivity index (χ4n) is 1.21. The number of H-pyrrole nitrogens is 1. The van der Waals surface area contributed by atoms with Gasteiger partial charge in [0, 0.05) is 12.1 Å². The number of hydrogen-bond donors (Lipinski definition) is 1. The third kappa shape index (κ3) is 1.85. The van der Waals surface area contributed by atoms with E-state index in [2.05, 4.69) is 30.1 Å². The number of nitriles is 1. The molecule has 0 aromatic carbocycles. The lowest BCUT2D eigenvalue weighted by Gasteiger charge is -2.03. The molecule has 1 aromatic rings. The Labute approximate surface area is 72.4 Å². The summed E-state index contributed by atoms with van der Waals surface area (Å²) in [5, 5.41) is 15.3. The van der Waals surface area contributed by atoms with Crippen molar-refractivity contribution in [3.8, 4) is 6.07 Å². The van der Waals surface area contributed by atoms with E-state index in [9.17, 15) is 0 Å². The summed E-state index contributed by atoms with van der Waals surface area (Å²) in [5.74, 6) is 0.459. The van der Waals surface area contributed by atoms with Gasteiger partial charge >= 0.3 is 0 Å². The number of hydrogen-bond acceptors (Lipinski definition) is 2. The molecule has 1 N–H and O–H groups in total. The summed E-state index contributed by atoms with van der Waals surface area (Å²) in [5.41, 5.74) is 2.33. The predicted molar refractivity (Wildman–Crippen MR) is 46.6 cm³/mol. The van der Waals surface area contributed by atoms with Crippen LogP contribution in [0.1, 0.15) is 37.4 Å². The molecular weight excluding hydrogens is 150 g/mol. The Morgan fingerprint density at radius 1 is 1.67 bits per heavy atom. The number of rotatable bonds is 3. The Kier molecular flexibility index (Phi) is 2.87. The van der Waals surface area contributed by atoms with Crippen molar-refractivity contribution < 1.29 is 0 Å². The lowest BCUT2D eigenvalue weighted by molar-refractivity contribution is 0.792. The van der Waals surface area contributed by atoms with Crippen LogP contribution in [0, 0.1) is 11.3 Å². The molecule has 1 aromatic heterocycles. The molecule has 0 aliphatic heterocycles. The molecular formula is C9H13N3. The molecule has 0 atom stereocenters. The zero-order valence-electron chi connectivity index (χ0n) is 7.46. The molecule has 0 amide bonds. The van der Waals surface area contributed by atoms with Crippen molar-refractivity contribution in [1.29, 1.82) is 5.26 Å². The quantitative estimate of drug-likeness (QED) is 0.740. The first-order chi connectivity index (χ1) is 5.75. The molecule has 12 heavy (non-hydrogen) atoms. The van der Waals surface area contributed by atoms with Gasteiger partial charge < -0.3 is 0 Å². The first-order valence-electron chi connectivity index (χ1n) is 4.14. The zero-order valence-corrected chi connectivity index (χ0v) is 7.46. The summed E-state index contributed by atoms with van der Waals surface area (Å²) >= 11 is 0. The van der Waals surface area contributed by atoms with Crippen molar-refractivity contribution in [3.05, 3.63) is 17.5 Å². The molecule has 1 heterocycles. The van der Waals surface area contributed by atoms with Gasteiger partial charge in [-0.3, -0.25) is 5.10 Å². The monoisotopic (exact) mass is 163 g/mol. The molecule has 0 saturated heterocycles. The van der Waals surface area contributed by atoms with Gasteiger partial charge in [0.15, 0.2) is 0 Å². The standard InChI is InChI=1S/C9H13N3/c1-7(2)9-8(4-3-5-10)6-11-12-9/h6-7H,3-4H2,1-2H3,(H,11,12). The van der Waals surface area contributed by atoms with Crippen LogP contribution in [0.15, 0.2) is 6.20 Å². The molecule has 3 nitrogen and oxygen atoms in total. The number of aryl methyl sites for hydroxylation is 1. The van der Waals surface area contributed by atoms with Gasteiger partial charge in [-0.1, -0.05) is 13.8 Å². The van der Waals surface area contributed by atoms with Crippen molar-refractivity contribution in [3.63, 3.8) is 0 Å². The summed E-state index contributed by atoms with van der Waals surface area (Å²) in [7, 11) is 0. The summed E-state index contributed by atoms with van der Waals surface area (Å²) < 4.78 is 0. The molecule has 3 heteroatoms. The lowest BCUT2D eigenvalue weighted by atomic mass is 10.0. The Hall–Kier alpha value is -1.30. The van der Waals surface area contributed by atoms with Gasteiger partial charge in [0.1, 0.15) is 0 Å². The number of aromatic amines is 1. The number of aromatic nitrogens is 2. The number of nitrogens with zero attached hydrogens (tertiary/aromatic N) is 2. The van der Waals surface area contributed by atoms with E-state index in [4.69, 9.17) is 5.26 Å². The van der Waals surface area contributed by atoms with Gasteiger partial charge in [-0.2, -0.15) is 10.4 Å². The van der Waals surface area contributed by atoms with Crippen molar-refractivity contribution in [2.45, 2.75) is 32.6 Å². The highest BCUT2D eigenvalue weighted by atomic mass is 15.1. The summed E-state index contributed by atoms with van der Waals surface area (Å²) in [4.78, 5) is 0. The summed E-state index contributed by atoms with van der Waals surface area (Å²) in [6, 6.07) is 2.13. The van der Waals surface area contributed by atoms with Gasteiger partial charge in [0.25, 0.3) is 0 Å². The Balaban J connectivity index is 2.72. The van der Waals surface area contributed by atoms with E-state index in [-0.39, 0.29) is 0 Å². The fraction of sp³-hybridized carbons (Fsp3) is 0.556. The van der Waals surface area contributed by atoms with E-state index in [0.717, 1.165) is 12.1 Å². The van der Waals surface area contributed by atoms with E-state index in [1.807, 2.05) is 6.20 Å². The second kappa shape index (κ2) is 3.91. The molecule has 0 radical (unpaired) electrons. The topological polar surface area (TPSA) is 52.5 Å². The van der Waals surface area contributed by atoms with Crippen molar-refractivity contribution in [2.75, 3.05) is 0 Å². The minimum atomic E-state index is 0.459. The minimum absolute atomic E-state index is 0.459. The molecule has 0 aliphatic rings. The second-order valence-corrected chi connectivity index (χ2v) is 3.12. The van der Waals surface area contributed by atoms with E-state index in [1.165, 1.54) is 5.56 Å². The van der Waals surface area contributed by atoms with Gasteiger partial charge in [0.05, 0.1) is 12.3 Å². The van der Waals surface area contributed by atoms with E-state index in [1.54, 1.807) is 0 Å². The maximum Gasteiger partial charge on any atom is 0.0625 e. The Morgan fingerprint density at radius 2 is 2.42 bits per heavy atom. The van der Waals surface area contributed by atoms with Crippen LogP contribution in [0.2, 0.25) is 0 Å². The maximum atomic E-state index is 8.41. The predicted octanol–water partition coefficient (Wildman–Crippen LogP) is 1.99. The van der Waals surface area contributed by atoms with Crippen LogP contribution in [-0.2, 0) is 6.42 Å². The average Bonchev–Trinajstić information content (AvgIpc) is 2.48. The molecule has 1 rings (SSSR count). The van der Waals surface area contributed by atoms with Crippen molar-refractivity contribution in [1.82, 2.24) is 10.2 Å². The third-order valence-electron chi connectivity index (χ3n) is 1.83. The normalized spacial score (nSPS) is 10.2. The highest BCUT2D eigenvalue weighted by Gasteiger charge is 2.07. The van der Waals surface area contributed by atoms with E-state index < -0.39 is 0 Å². The zero-order chi connectivity index (χ0) is 8.97. The first-order valence-corrected chi connectivity index (χ1v) is 4.14. The molecule has 0 aliphatic carbocycles. The molecule has 64 valence electrons. The third-order valence-corrected chi connectivity index (χ3v) is 1.83. The van der Waals surface area contributed by atoms with Crippen LogP contribution in [0.4, 0.5) is 0 Å². The van der Waals surface area contributed by atoms with Crippen LogP contribution in [-0.4, -0.2) is 10.2 Å². The minimum Gasteiger partial charge on any atom is -0.282 e. The molecule has 0 saturated carbocycles. The van der Waals surface area contributed by atoms with Crippen LogP contribution in [0.3, 0.4) is 0 Å². The van der Waals surface area contributed by atoms with Gasteiger partial charge in [0.2, 0.25) is 0 Å². The van der Waals surface area contributed by atoms with Crippen molar-refractivity contribution in [2.24, 2.45) is 0 Å². The molecule has 0 fully saturated rings. The highest BCUT2D eigenvalue weighted by Crippen LogP contribution is 2.16. The molecule has 0 spiro atoms. The van der Waals surface area contributed by atoms with Gasteiger partial charge in [-0.15, -0.1) is 0 Å². The summed E-state index contributed by atoms with van der Waals surface area (Å²) in [6.45, 7) is 4.23. The Morgan fingerprint density at radius 3 is 3.00 bits per heavy atom. The lowest BCUT2D eigenvalue weighted by Crippen LogP contribution is -1.93. The second-order valence-electron chi connectivity index (χ2n) is 3.12. The number of nitrogens with one attached hydrogen (secondary N) is 1. The smallest absolute Gasteiger partial charge is 0.0625 e. The molecule has 0 bridgehead atoms.